The van der Waals surface area contributed by atoms with Gasteiger partial charge in [0.05, 0.1) is 5.71 Å². The van der Waals surface area contributed by atoms with Crippen LogP contribution < -0.4 is 10.7 Å². The third kappa shape index (κ3) is 2.60. The zero-order valence-corrected chi connectivity index (χ0v) is 12.9. The summed E-state index contributed by atoms with van der Waals surface area (Å²) in [6, 6.07) is 0. The highest BCUT2D eigenvalue weighted by Gasteiger charge is 2.49. The molecular formula is C14H23N5S. The van der Waals surface area contributed by atoms with Crippen molar-refractivity contribution in [1.29, 1.82) is 0 Å². The highest BCUT2D eigenvalue weighted by atomic mass is 32.1. The molecule has 20 heavy (non-hydrogen) atoms. The van der Waals surface area contributed by atoms with Gasteiger partial charge in [-0.15, -0.1) is 6.58 Å². The van der Waals surface area contributed by atoms with Gasteiger partial charge in [-0.1, -0.05) is 13.0 Å². The normalized spacial score (nSPS) is 40.5. The fourth-order valence-electron chi connectivity index (χ4n) is 3.84. The van der Waals surface area contributed by atoms with Gasteiger partial charge in [-0.25, -0.2) is 0 Å². The molecule has 4 rings (SSSR count). The Bertz CT molecular complexity index is 431. The maximum atomic E-state index is 5.22. The number of piperidine rings is 2. The largest absolute Gasteiger partial charge is 0.358 e. The zero-order chi connectivity index (χ0) is 14.2. The number of nitrogens with one attached hydrogen (secondary N) is 2. The molecule has 4 bridgehead atoms. The quantitative estimate of drug-likeness (QED) is 0.444. The molecule has 0 aromatic heterocycles. The SMILES string of the molecule is C=CCNC(=S)N/N=C1/C2CN3CCN(C2)CC1(C)C3. The minimum Gasteiger partial charge on any atom is -0.358 e. The molecule has 4 aliphatic rings. The van der Waals surface area contributed by atoms with Crippen molar-refractivity contribution in [3.63, 3.8) is 0 Å². The monoisotopic (exact) mass is 293 g/mol. The summed E-state index contributed by atoms with van der Waals surface area (Å²) in [6.07, 6.45) is 1.79. The van der Waals surface area contributed by atoms with E-state index in [-0.39, 0.29) is 5.41 Å². The molecule has 4 saturated heterocycles. The summed E-state index contributed by atoms with van der Waals surface area (Å²) in [5.74, 6) is 0.541. The number of hydrogen-bond donors (Lipinski definition) is 2. The molecule has 4 aliphatic heterocycles. The van der Waals surface area contributed by atoms with Crippen molar-refractivity contribution in [3.05, 3.63) is 12.7 Å². The second kappa shape index (κ2) is 5.42. The fourth-order valence-corrected chi connectivity index (χ4v) is 3.97. The van der Waals surface area contributed by atoms with Gasteiger partial charge in [-0.2, -0.15) is 5.10 Å². The van der Waals surface area contributed by atoms with E-state index in [0.29, 0.717) is 17.6 Å². The summed E-state index contributed by atoms with van der Waals surface area (Å²) >= 11 is 5.22. The van der Waals surface area contributed by atoms with Gasteiger partial charge in [0, 0.05) is 57.1 Å². The first-order chi connectivity index (χ1) is 9.60. The molecule has 0 radical (unpaired) electrons. The number of hydrogen-bond acceptors (Lipinski definition) is 4. The van der Waals surface area contributed by atoms with Crippen LogP contribution in [0.4, 0.5) is 0 Å². The number of nitrogens with zero attached hydrogens (tertiary/aromatic N) is 3. The van der Waals surface area contributed by atoms with E-state index in [1.54, 1.807) is 6.08 Å². The second-order valence-electron chi connectivity index (χ2n) is 6.34. The number of thiocarbonyl (C=S) groups is 1. The summed E-state index contributed by atoms with van der Waals surface area (Å²) in [5.41, 5.74) is 4.48. The van der Waals surface area contributed by atoms with E-state index < -0.39 is 0 Å². The lowest BCUT2D eigenvalue weighted by Gasteiger charge is -2.48. The highest BCUT2D eigenvalue weighted by Crippen LogP contribution is 2.37. The maximum Gasteiger partial charge on any atom is 0.187 e. The van der Waals surface area contributed by atoms with Crippen molar-refractivity contribution in [1.82, 2.24) is 20.5 Å². The summed E-state index contributed by atoms with van der Waals surface area (Å²) in [4.78, 5) is 5.18. The minimum atomic E-state index is 0.165. The van der Waals surface area contributed by atoms with Crippen molar-refractivity contribution in [2.24, 2.45) is 16.4 Å². The van der Waals surface area contributed by atoms with Gasteiger partial charge >= 0.3 is 0 Å². The first-order valence-corrected chi connectivity index (χ1v) is 7.69. The predicted octanol–water partition coefficient (Wildman–Crippen LogP) is 0.260. The Morgan fingerprint density at radius 2 is 2.10 bits per heavy atom. The van der Waals surface area contributed by atoms with Gasteiger partial charge < -0.3 is 15.1 Å². The average Bonchev–Trinajstić information content (AvgIpc) is 2.63. The van der Waals surface area contributed by atoms with E-state index in [2.05, 4.69) is 39.1 Å². The highest BCUT2D eigenvalue weighted by molar-refractivity contribution is 7.80. The number of hydrazone groups is 1. The molecule has 4 heterocycles. The van der Waals surface area contributed by atoms with Crippen LogP contribution in [0, 0.1) is 11.3 Å². The number of rotatable bonds is 3. The molecular weight excluding hydrogens is 270 g/mol. The Morgan fingerprint density at radius 3 is 2.65 bits per heavy atom. The summed E-state index contributed by atoms with van der Waals surface area (Å²) in [7, 11) is 0. The van der Waals surface area contributed by atoms with Gasteiger partial charge in [0.2, 0.25) is 0 Å². The Morgan fingerprint density at radius 1 is 1.45 bits per heavy atom. The smallest absolute Gasteiger partial charge is 0.187 e. The lowest BCUT2D eigenvalue weighted by molar-refractivity contribution is 0.130. The van der Waals surface area contributed by atoms with E-state index in [9.17, 15) is 0 Å². The van der Waals surface area contributed by atoms with Gasteiger partial charge in [0.25, 0.3) is 0 Å². The van der Waals surface area contributed by atoms with E-state index in [0.717, 1.165) is 26.2 Å². The Labute approximate surface area is 126 Å². The first-order valence-electron chi connectivity index (χ1n) is 7.28. The summed E-state index contributed by atoms with van der Waals surface area (Å²) in [6.45, 7) is 13.6. The van der Waals surface area contributed by atoms with Crippen LogP contribution >= 0.6 is 12.2 Å². The molecule has 0 amide bonds. The molecule has 0 aliphatic carbocycles. The van der Waals surface area contributed by atoms with Crippen molar-refractivity contribution in [3.8, 4) is 0 Å². The molecule has 6 heteroatoms. The molecule has 110 valence electrons. The van der Waals surface area contributed by atoms with E-state index >= 15 is 0 Å². The van der Waals surface area contributed by atoms with Crippen LogP contribution in [0.1, 0.15) is 6.92 Å². The van der Waals surface area contributed by atoms with E-state index in [1.165, 1.54) is 18.8 Å². The average molecular weight is 293 g/mol. The van der Waals surface area contributed by atoms with Crippen molar-refractivity contribution in [2.45, 2.75) is 6.92 Å². The van der Waals surface area contributed by atoms with Crippen molar-refractivity contribution < 1.29 is 0 Å². The van der Waals surface area contributed by atoms with Crippen LogP contribution in [-0.2, 0) is 0 Å². The van der Waals surface area contributed by atoms with Gasteiger partial charge in [0.1, 0.15) is 0 Å². The van der Waals surface area contributed by atoms with Gasteiger partial charge in [0.15, 0.2) is 5.11 Å². The van der Waals surface area contributed by atoms with Crippen LogP contribution in [0.15, 0.2) is 17.8 Å². The van der Waals surface area contributed by atoms with Gasteiger partial charge in [-0.3, -0.25) is 5.43 Å². The molecule has 4 fully saturated rings. The Hall–Kier alpha value is -0.980. The third-order valence-electron chi connectivity index (χ3n) is 4.52. The predicted molar refractivity (Wildman–Crippen MR) is 85.8 cm³/mol. The number of fused-ring (bicyclic) bond motifs is 1. The topological polar surface area (TPSA) is 42.9 Å². The minimum absolute atomic E-state index is 0.165. The molecule has 0 aromatic rings. The zero-order valence-electron chi connectivity index (χ0n) is 12.1. The van der Waals surface area contributed by atoms with Crippen LogP contribution in [-0.4, -0.2) is 66.4 Å². The summed E-state index contributed by atoms with van der Waals surface area (Å²) < 4.78 is 0. The molecule has 5 nitrogen and oxygen atoms in total. The molecule has 2 N–H and O–H groups in total. The Kier molecular flexibility index (Phi) is 3.79. The van der Waals surface area contributed by atoms with Crippen LogP contribution in [0.5, 0.6) is 0 Å². The lowest BCUT2D eigenvalue weighted by atomic mass is 9.72. The van der Waals surface area contributed by atoms with E-state index in [1.807, 2.05) is 0 Å². The Balaban J connectivity index is 1.73. The third-order valence-corrected chi connectivity index (χ3v) is 4.76. The summed E-state index contributed by atoms with van der Waals surface area (Å²) in [5, 5.41) is 8.30. The first kappa shape index (κ1) is 14.0. The van der Waals surface area contributed by atoms with Gasteiger partial charge in [-0.05, 0) is 12.2 Å². The molecule has 0 saturated carbocycles. The van der Waals surface area contributed by atoms with Crippen molar-refractivity contribution >= 4 is 23.0 Å². The molecule has 0 aromatic carbocycles. The molecule has 0 spiro atoms. The molecule has 2 unspecified atom stereocenters. The van der Waals surface area contributed by atoms with E-state index in [4.69, 9.17) is 12.2 Å². The van der Waals surface area contributed by atoms with Crippen molar-refractivity contribution in [2.75, 3.05) is 45.8 Å². The lowest BCUT2D eigenvalue weighted by Crippen LogP contribution is -2.60. The fraction of sp³-hybridized carbons (Fsp3) is 0.714. The van der Waals surface area contributed by atoms with Crippen LogP contribution in [0.2, 0.25) is 0 Å². The standard InChI is InChI=1S/C14H23N5S/c1-3-4-15-13(20)17-16-12-11-7-18-5-6-19(8-11)10-14(12,2)9-18/h3,11H,1,4-10H2,2H3,(H2,15,17,20)/b16-12-. The van der Waals surface area contributed by atoms with Crippen LogP contribution in [0.3, 0.4) is 0 Å². The molecule has 2 atom stereocenters. The van der Waals surface area contributed by atoms with Crippen LogP contribution in [0.25, 0.3) is 0 Å². The second-order valence-corrected chi connectivity index (χ2v) is 6.74. The maximum absolute atomic E-state index is 5.22.